The van der Waals surface area contributed by atoms with E-state index in [4.69, 9.17) is 0 Å². The number of hydrogen-bond donors (Lipinski definition) is 0. The van der Waals surface area contributed by atoms with Crippen molar-refractivity contribution in [1.29, 1.82) is 0 Å². The number of nitrogens with zero attached hydrogens (tertiary/aromatic N) is 4. The van der Waals surface area contributed by atoms with Crippen molar-refractivity contribution in [2.75, 3.05) is 20.1 Å². The fourth-order valence-electron chi connectivity index (χ4n) is 4.06. The number of rotatable bonds is 6. The van der Waals surface area contributed by atoms with Gasteiger partial charge in [0.05, 0.1) is 0 Å². The quantitative estimate of drug-likeness (QED) is 0.805. The minimum absolute atomic E-state index is 0.364. The number of likely N-dealkylation sites (tertiary alicyclic amines) is 1. The zero-order chi connectivity index (χ0) is 17.1. The second-order valence-electron chi connectivity index (χ2n) is 7.86. The van der Waals surface area contributed by atoms with Crippen LogP contribution in [0.5, 0.6) is 0 Å². The van der Waals surface area contributed by atoms with Crippen LogP contribution in [0.3, 0.4) is 0 Å². The van der Waals surface area contributed by atoms with Crippen LogP contribution in [0.4, 0.5) is 0 Å². The van der Waals surface area contributed by atoms with Gasteiger partial charge in [-0.15, -0.1) is 0 Å². The summed E-state index contributed by atoms with van der Waals surface area (Å²) >= 11 is 0. The summed E-state index contributed by atoms with van der Waals surface area (Å²) in [6, 6.07) is 0.518. The predicted molar refractivity (Wildman–Crippen MR) is 94.5 cm³/mol. The normalized spacial score (nSPS) is 22.3. The Labute approximate surface area is 145 Å². The third kappa shape index (κ3) is 4.12. The van der Waals surface area contributed by atoms with E-state index in [-0.39, 0.29) is 0 Å². The fourth-order valence-corrected chi connectivity index (χ4v) is 4.06. The highest BCUT2D eigenvalue weighted by atomic mass is 16.2. The molecule has 1 saturated carbocycles. The molecule has 1 unspecified atom stereocenters. The first-order valence-electron chi connectivity index (χ1n) is 9.31. The molecule has 132 valence electrons. The lowest BCUT2D eigenvalue weighted by molar-refractivity contribution is -0.129. The Kier molecular flexibility index (Phi) is 5.49. The van der Waals surface area contributed by atoms with Crippen LogP contribution in [0.25, 0.3) is 0 Å². The van der Waals surface area contributed by atoms with E-state index in [0.29, 0.717) is 30.2 Å². The molecule has 5 heteroatoms. The van der Waals surface area contributed by atoms with Crippen molar-refractivity contribution in [3.63, 3.8) is 0 Å². The highest BCUT2D eigenvalue weighted by Crippen LogP contribution is 2.29. The SMILES string of the molecule is CC(C)c1ncc(CN(C)CC2CC(=O)N(C3CCCC3)C2)cn1. The van der Waals surface area contributed by atoms with Gasteiger partial charge in [-0.1, -0.05) is 26.7 Å². The second kappa shape index (κ2) is 7.60. The number of amides is 1. The van der Waals surface area contributed by atoms with Gasteiger partial charge in [-0.3, -0.25) is 4.79 Å². The van der Waals surface area contributed by atoms with E-state index in [0.717, 1.165) is 31.0 Å². The van der Waals surface area contributed by atoms with Crippen molar-refractivity contribution in [3.05, 3.63) is 23.8 Å². The Bertz CT molecular complexity index is 551. The van der Waals surface area contributed by atoms with Crippen LogP contribution in [-0.2, 0) is 11.3 Å². The standard InChI is InChI=1S/C19H30N4O/c1-14(2)19-20-9-16(10-21-19)12-22(3)11-15-8-18(24)23(13-15)17-6-4-5-7-17/h9-10,14-15,17H,4-8,11-13H2,1-3H3. The lowest BCUT2D eigenvalue weighted by atomic mass is 10.1. The molecule has 2 aliphatic rings. The Morgan fingerprint density at radius 1 is 1.25 bits per heavy atom. The van der Waals surface area contributed by atoms with E-state index in [1.165, 1.54) is 25.7 Å². The molecule has 1 aromatic rings. The molecule has 24 heavy (non-hydrogen) atoms. The predicted octanol–water partition coefficient (Wildman–Crippen LogP) is 2.82. The molecule has 1 atom stereocenters. The molecule has 1 aliphatic heterocycles. The zero-order valence-electron chi connectivity index (χ0n) is 15.2. The van der Waals surface area contributed by atoms with E-state index in [2.05, 4.69) is 40.7 Å². The van der Waals surface area contributed by atoms with Gasteiger partial charge >= 0.3 is 0 Å². The summed E-state index contributed by atoms with van der Waals surface area (Å²) in [5, 5.41) is 0. The number of carbonyl (C=O) groups is 1. The first-order chi connectivity index (χ1) is 11.5. The molecule has 2 fully saturated rings. The molecular weight excluding hydrogens is 300 g/mol. The van der Waals surface area contributed by atoms with Crippen LogP contribution in [0.2, 0.25) is 0 Å². The van der Waals surface area contributed by atoms with Gasteiger partial charge in [-0.25, -0.2) is 9.97 Å². The zero-order valence-corrected chi connectivity index (χ0v) is 15.2. The highest BCUT2D eigenvalue weighted by Gasteiger charge is 2.35. The summed E-state index contributed by atoms with van der Waals surface area (Å²) < 4.78 is 0. The van der Waals surface area contributed by atoms with Gasteiger partial charge in [0, 0.05) is 56.0 Å². The highest BCUT2D eigenvalue weighted by molar-refractivity contribution is 5.79. The van der Waals surface area contributed by atoms with Crippen molar-refractivity contribution < 1.29 is 4.79 Å². The topological polar surface area (TPSA) is 49.3 Å². The van der Waals surface area contributed by atoms with Gasteiger partial charge in [-0.05, 0) is 25.8 Å². The van der Waals surface area contributed by atoms with Crippen molar-refractivity contribution >= 4 is 5.91 Å². The van der Waals surface area contributed by atoms with Crippen molar-refractivity contribution in [1.82, 2.24) is 19.8 Å². The molecule has 1 amide bonds. The van der Waals surface area contributed by atoms with E-state index in [1.54, 1.807) is 0 Å². The lowest BCUT2D eigenvalue weighted by Gasteiger charge is -2.25. The minimum Gasteiger partial charge on any atom is -0.339 e. The molecule has 1 saturated heterocycles. The molecule has 1 aromatic heterocycles. The van der Waals surface area contributed by atoms with Gasteiger partial charge in [0.15, 0.2) is 0 Å². The monoisotopic (exact) mass is 330 g/mol. The molecule has 1 aliphatic carbocycles. The molecule has 0 bridgehead atoms. The van der Waals surface area contributed by atoms with Crippen LogP contribution in [-0.4, -0.2) is 51.9 Å². The maximum atomic E-state index is 12.3. The molecule has 0 radical (unpaired) electrons. The third-order valence-corrected chi connectivity index (χ3v) is 5.27. The van der Waals surface area contributed by atoms with Crippen LogP contribution >= 0.6 is 0 Å². The van der Waals surface area contributed by atoms with Crippen molar-refractivity contribution in [2.24, 2.45) is 5.92 Å². The van der Waals surface area contributed by atoms with Crippen LogP contribution < -0.4 is 0 Å². The van der Waals surface area contributed by atoms with Crippen LogP contribution in [0, 0.1) is 5.92 Å². The summed E-state index contributed by atoms with van der Waals surface area (Å²) in [6.07, 6.45) is 9.55. The first kappa shape index (κ1) is 17.3. The summed E-state index contributed by atoms with van der Waals surface area (Å²) in [7, 11) is 2.12. The summed E-state index contributed by atoms with van der Waals surface area (Å²) in [5.74, 6) is 2.08. The van der Waals surface area contributed by atoms with Crippen molar-refractivity contribution in [2.45, 2.75) is 64.5 Å². The number of aromatic nitrogens is 2. The van der Waals surface area contributed by atoms with E-state index < -0.39 is 0 Å². The van der Waals surface area contributed by atoms with E-state index in [9.17, 15) is 4.79 Å². The average Bonchev–Trinajstić information content (AvgIpc) is 3.17. The van der Waals surface area contributed by atoms with Gasteiger partial charge < -0.3 is 9.80 Å². The molecule has 0 aromatic carbocycles. The number of hydrogen-bond acceptors (Lipinski definition) is 4. The molecule has 0 N–H and O–H groups in total. The Morgan fingerprint density at radius 3 is 2.54 bits per heavy atom. The maximum absolute atomic E-state index is 12.3. The van der Waals surface area contributed by atoms with Crippen LogP contribution in [0.15, 0.2) is 12.4 Å². The smallest absolute Gasteiger partial charge is 0.223 e. The van der Waals surface area contributed by atoms with E-state index >= 15 is 0 Å². The Hall–Kier alpha value is -1.49. The van der Waals surface area contributed by atoms with Gasteiger partial charge in [0.25, 0.3) is 0 Å². The fraction of sp³-hybridized carbons (Fsp3) is 0.737. The summed E-state index contributed by atoms with van der Waals surface area (Å²) in [4.78, 5) is 25.6. The molecule has 0 spiro atoms. The molecule has 2 heterocycles. The number of carbonyl (C=O) groups excluding carboxylic acids is 1. The summed E-state index contributed by atoms with van der Waals surface area (Å²) in [6.45, 7) is 6.95. The average molecular weight is 330 g/mol. The molecular formula is C19H30N4O. The third-order valence-electron chi connectivity index (χ3n) is 5.27. The first-order valence-corrected chi connectivity index (χ1v) is 9.31. The van der Waals surface area contributed by atoms with Crippen molar-refractivity contribution in [3.8, 4) is 0 Å². The lowest BCUT2D eigenvalue weighted by Crippen LogP contribution is -2.35. The van der Waals surface area contributed by atoms with Crippen LogP contribution in [0.1, 0.15) is 63.3 Å². The molecule has 3 rings (SSSR count). The minimum atomic E-state index is 0.364. The molecule has 5 nitrogen and oxygen atoms in total. The van der Waals surface area contributed by atoms with E-state index in [1.807, 2.05) is 12.4 Å². The second-order valence-corrected chi connectivity index (χ2v) is 7.86. The maximum Gasteiger partial charge on any atom is 0.223 e. The largest absolute Gasteiger partial charge is 0.339 e. The Morgan fingerprint density at radius 2 is 1.92 bits per heavy atom. The van der Waals surface area contributed by atoms with Gasteiger partial charge in [0.1, 0.15) is 5.82 Å². The summed E-state index contributed by atoms with van der Waals surface area (Å²) in [5.41, 5.74) is 1.14. The Balaban J connectivity index is 1.49. The van der Waals surface area contributed by atoms with Gasteiger partial charge in [-0.2, -0.15) is 0 Å². The van der Waals surface area contributed by atoms with Gasteiger partial charge in [0.2, 0.25) is 5.91 Å².